The first-order valence-corrected chi connectivity index (χ1v) is 8.90. The number of aryl methyl sites for hydroxylation is 1. The van der Waals surface area contributed by atoms with Gasteiger partial charge in [-0.15, -0.1) is 23.1 Å². The number of nitrogens with zero attached hydrogens (tertiary/aromatic N) is 2. The highest BCUT2D eigenvalue weighted by Crippen LogP contribution is 2.28. The van der Waals surface area contributed by atoms with Crippen LogP contribution in [-0.4, -0.2) is 16.2 Å². The van der Waals surface area contributed by atoms with Gasteiger partial charge in [0, 0.05) is 27.6 Å². The molecule has 2 aromatic heterocycles. The Morgan fingerprint density at radius 1 is 1.09 bits per heavy atom. The van der Waals surface area contributed by atoms with E-state index < -0.39 is 0 Å². The molecule has 0 aliphatic heterocycles. The van der Waals surface area contributed by atoms with Crippen LogP contribution in [-0.2, 0) is 0 Å². The van der Waals surface area contributed by atoms with Gasteiger partial charge in [-0.1, -0.05) is 24.1 Å². The van der Waals surface area contributed by atoms with Gasteiger partial charge < -0.3 is 0 Å². The van der Waals surface area contributed by atoms with E-state index in [1.165, 1.54) is 4.90 Å². The van der Waals surface area contributed by atoms with Crippen LogP contribution >= 0.6 is 23.1 Å². The number of aromatic nitrogens is 2. The highest BCUT2D eigenvalue weighted by atomic mass is 32.2. The number of benzene rings is 1. The molecule has 0 bridgehead atoms. The maximum absolute atomic E-state index is 4.54. The third kappa shape index (κ3) is 3.38. The van der Waals surface area contributed by atoms with Crippen LogP contribution in [0.15, 0.2) is 52.9 Å². The Kier molecular flexibility index (Phi) is 4.57. The van der Waals surface area contributed by atoms with Crippen molar-refractivity contribution in [2.45, 2.75) is 11.8 Å². The fourth-order valence-corrected chi connectivity index (χ4v) is 3.19. The lowest BCUT2D eigenvalue weighted by molar-refractivity contribution is 1.27. The van der Waals surface area contributed by atoms with Gasteiger partial charge in [-0.25, -0.2) is 4.98 Å². The van der Waals surface area contributed by atoms with Gasteiger partial charge in [0.25, 0.3) is 0 Å². The summed E-state index contributed by atoms with van der Waals surface area (Å²) in [6.07, 6.45) is 3.90. The highest BCUT2D eigenvalue weighted by Gasteiger charge is 2.04. The first-order valence-electron chi connectivity index (χ1n) is 6.80. The van der Waals surface area contributed by atoms with Crippen molar-refractivity contribution in [3.63, 3.8) is 0 Å². The van der Waals surface area contributed by atoms with Crippen LogP contribution in [0.3, 0.4) is 0 Å². The number of hydrogen-bond acceptors (Lipinski definition) is 4. The standard InChI is InChI=1S/C18H14N2S2/c1-13-20-15(12-22-13)9-7-14-8-10-17(19-11-14)16-5-3-4-6-18(16)21-2/h3-6,8,10-12H,1-2H3. The van der Waals surface area contributed by atoms with Gasteiger partial charge in [-0.05, 0) is 37.3 Å². The average molecular weight is 322 g/mol. The lowest BCUT2D eigenvalue weighted by Crippen LogP contribution is -1.87. The predicted octanol–water partition coefficient (Wildman–Crippen LogP) is 4.64. The van der Waals surface area contributed by atoms with Crippen molar-refractivity contribution < 1.29 is 0 Å². The zero-order chi connectivity index (χ0) is 15.4. The summed E-state index contributed by atoms with van der Waals surface area (Å²) in [6.45, 7) is 1.98. The molecule has 0 saturated carbocycles. The molecule has 0 N–H and O–H groups in total. The van der Waals surface area contributed by atoms with Crippen LogP contribution in [0.5, 0.6) is 0 Å². The third-order valence-electron chi connectivity index (χ3n) is 3.10. The summed E-state index contributed by atoms with van der Waals surface area (Å²) >= 11 is 3.34. The van der Waals surface area contributed by atoms with E-state index in [-0.39, 0.29) is 0 Å². The first-order chi connectivity index (χ1) is 10.8. The van der Waals surface area contributed by atoms with E-state index in [1.807, 2.05) is 42.8 Å². The second-order valence-electron chi connectivity index (χ2n) is 4.63. The predicted molar refractivity (Wildman–Crippen MR) is 94.3 cm³/mol. The van der Waals surface area contributed by atoms with Gasteiger partial charge in [0.05, 0.1) is 10.7 Å². The molecule has 0 spiro atoms. The maximum atomic E-state index is 4.54. The summed E-state index contributed by atoms with van der Waals surface area (Å²) in [4.78, 5) is 10.1. The number of rotatable bonds is 2. The van der Waals surface area contributed by atoms with Crippen molar-refractivity contribution in [3.05, 3.63) is 64.2 Å². The molecule has 3 aromatic rings. The molecule has 2 nitrogen and oxygen atoms in total. The molecule has 0 amide bonds. The Balaban J connectivity index is 1.86. The van der Waals surface area contributed by atoms with Crippen molar-refractivity contribution >= 4 is 23.1 Å². The number of pyridine rings is 1. The molecule has 4 heteroatoms. The van der Waals surface area contributed by atoms with E-state index in [9.17, 15) is 0 Å². The van der Waals surface area contributed by atoms with E-state index >= 15 is 0 Å². The van der Waals surface area contributed by atoms with Gasteiger partial charge in [0.1, 0.15) is 5.69 Å². The fourth-order valence-electron chi connectivity index (χ4n) is 2.04. The molecule has 0 atom stereocenters. The summed E-state index contributed by atoms with van der Waals surface area (Å²) in [7, 11) is 0. The second kappa shape index (κ2) is 6.78. The molecular weight excluding hydrogens is 308 g/mol. The topological polar surface area (TPSA) is 25.8 Å². The van der Waals surface area contributed by atoms with Crippen molar-refractivity contribution in [3.8, 4) is 23.1 Å². The van der Waals surface area contributed by atoms with E-state index in [1.54, 1.807) is 23.1 Å². The maximum Gasteiger partial charge on any atom is 0.124 e. The van der Waals surface area contributed by atoms with Gasteiger partial charge in [-0.3, -0.25) is 4.98 Å². The van der Waals surface area contributed by atoms with Crippen molar-refractivity contribution in [1.82, 2.24) is 9.97 Å². The number of thioether (sulfide) groups is 1. The molecular formula is C18H14N2S2. The molecule has 0 aliphatic carbocycles. The summed E-state index contributed by atoms with van der Waals surface area (Å²) < 4.78 is 0. The lowest BCUT2D eigenvalue weighted by Gasteiger charge is -2.06. The minimum atomic E-state index is 0.819. The number of hydrogen-bond donors (Lipinski definition) is 0. The monoisotopic (exact) mass is 322 g/mol. The molecule has 0 fully saturated rings. The smallest absolute Gasteiger partial charge is 0.124 e. The van der Waals surface area contributed by atoms with Crippen LogP contribution < -0.4 is 0 Å². The summed E-state index contributed by atoms with van der Waals surface area (Å²) in [5, 5.41) is 3.00. The average Bonchev–Trinajstić information content (AvgIpc) is 2.99. The third-order valence-corrected chi connectivity index (χ3v) is 4.67. The minimum absolute atomic E-state index is 0.819. The van der Waals surface area contributed by atoms with E-state index in [0.717, 1.165) is 27.5 Å². The van der Waals surface area contributed by atoms with Crippen molar-refractivity contribution in [1.29, 1.82) is 0 Å². The SMILES string of the molecule is CSc1ccccc1-c1ccc(C#Cc2csc(C)n2)cn1. The van der Waals surface area contributed by atoms with Crippen molar-refractivity contribution in [2.24, 2.45) is 0 Å². The normalized spacial score (nSPS) is 10.1. The summed E-state index contributed by atoms with van der Waals surface area (Å²) in [5.41, 5.74) is 3.85. The lowest BCUT2D eigenvalue weighted by atomic mass is 10.1. The summed E-state index contributed by atoms with van der Waals surface area (Å²) in [5.74, 6) is 6.18. The van der Waals surface area contributed by atoms with Crippen LogP contribution in [0.2, 0.25) is 0 Å². The Morgan fingerprint density at radius 2 is 1.95 bits per heavy atom. The van der Waals surface area contributed by atoms with Crippen molar-refractivity contribution in [2.75, 3.05) is 6.26 Å². The molecule has 0 radical (unpaired) electrons. The van der Waals surface area contributed by atoms with E-state index in [4.69, 9.17) is 0 Å². The molecule has 0 saturated heterocycles. The molecule has 2 heterocycles. The Morgan fingerprint density at radius 3 is 2.64 bits per heavy atom. The quantitative estimate of drug-likeness (QED) is 0.508. The van der Waals surface area contributed by atoms with E-state index in [0.29, 0.717) is 0 Å². The molecule has 0 unspecified atom stereocenters. The zero-order valence-electron chi connectivity index (χ0n) is 12.3. The van der Waals surface area contributed by atoms with Crippen LogP contribution in [0.4, 0.5) is 0 Å². The summed E-state index contributed by atoms with van der Waals surface area (Å²) in [6, 6.07) is 12.3. The first kappa shape index (κ1) is 14.8. The minimum Gasteiger partial charge on any atom is -0.255 e. The van der Waals surface area contributed by atoms with Gasteiger partial charge >= 0.3 is 0 Å². The Hall–Kier alpha value is -2.09. The molecule has 108 valence electrons. The largest absolute Gasteiger partial charge is 0.255 e. The Labute approximate surface area is 138 Å². The van der Waals surface area contributed by atoms with Gasteiger partial charge in [0.15, 0.2) is 0 Å². The Bertz CT molecular complexity index is 839. The number of thiazole rings is 1. The highest BCUT2D eigenvalue weighted by molar-refractivity contribution is 7.98. The molecule has 1 aromatic carbocycles. The molecule has 0 aliphatic rings. The van der Waals surface area contributed by atoms with Crippen LogP contribution in [0, 0.1) is 18.8 Å². The van der Waals surface area contributed by atoms with Crippen LogP contribution in [0.1, 0.15) is 16.3 Å². The molecule has 3 rings (SSSR count). The van der Waals surface area contributed by atoms with Gasteiger partial charge in [-0.2, -0.15) is 0 Å². The molecule has 22 heavy (non-hydrogen) atoms. The van der Waals surface area contributed by atoms with Crippen LogP contribution in [0.25, 0.3) is 11.3 Å². The second-order valence-corrected chi connectivity index (χ2v) is 6.54. The van der Waals surface area contributed by atoms with E-state index in [2.05, 4.69) is 40.2 Å². The fraction of sp³-hybridized carbons (Fsp3) is 0.111. The van der Waals surface area contributed by atoms with Gasteiger partial charge in [0.2, 0.25) is 0 Å². The zero-order valence-corrected chi connectivity index (χ0v) is 14.0.